The Morgan fingerprint density at radius 3 is 2.65 bits per heavy atom. The van der Waals surface area contributed by atoms with Gasteiger partial charge in [-0.15, -0.1) is 0 Å². The molecule has 0 aliphatic rings. The van der Waals surface area contributed by atoms with Crippen molar-refractivity contribution in [2.24, 2.45) is 0 Å². The third-order valence-electron chi connectivity index (χ3n) is 2.11. The average Bonchev–Trinajstić information content (AvgIpc) is 2.32. The zero-order chi connectivity index (χ0) is 12.1. The molecule has 0 saturated heterocycles. The van der Waals surface area contributed by atoms with Crippen LogP contribution in [0.15, 0.2) is 36.5 Å². The normalized spacial score (nSPS) is 9.94. The quantitative estimate of drug-likeness (QED) is 0.842. The lowest BCUT2D eigenvalue weighted by Crippen LogP contribution is -1.99. The largest absolute Gasteiger partial charge is 0.494 e. The molecule has 0 aliphatic heterocycles. The Labute approximate surface area is 99.7 Å². The van der Waals surface area contributed by atoms with E-state index in [1.807, 2.05) is 31.2 Å². The summed E-state index contributed by atoms with van der Waals surface area (Å²) in [7, 11) is 0. The molecule has 0 aliphatic carbocycles. The first kappa shape index (κ1) is 11.2. The number of nitrogens with zero attached hydrogens (tertiary/aromatic N) is 2. The van der Waals surface area contributed by atoms with Gasteiger partial charge in [-0.3, -0.25) is 0 Å². The van der Waals surface area contributed by atoms with Crippen molar-refractivity contribution in [3.05, 3.63) is 36.5 Å². The van der Waals surface area contributed by atoms with E-state index in [9.17, 15) is 0 Å². The van der Waals surface area contributed by atoms with E-state index in [2.05, 4.69) is 15.3 Å². The maximum Gasteiger partial charge on any atom is 0.221 e. The fraction of sp³-hybridized carbons (Fsp3) is 0.167. The first-order valence-electron chi connectivity index (χ1n) is 5.36. The fourth-order valence-electron chi connectivity index (χ4n) is 1.39. The number of hydrogen-bond acceptors (Lipinski definition) is 5. The summed E-state index contributed by atoms with van der Waals surface area (Å²) < 4.78 is 5.36. The molecule has 0 amide bonds. The highest BCUT2D eigenvalue weighted by Gasteiger charge is 1.98. The van der Waals surface area contributed by atoms with Gasteiger partial charge in [0.1, 0.15) is 11.6 Å². The van der Waals surface area contributed by atoms with E-state index in [1.165, 1.54) is 0 Å². The maximum absolute atomic E-state index is 5.49. The minimum Gasteiger partial charge on any atom is -0.494 e. The van der Waals surface area contributed by atoms with Gasteiger partial charge in [0.05, 0.1) is 6.61 Å². The molecule has 1 aromatic heterocycles. The predicted octanol–water partition coefficient (Wildman–Crippen LogP) is 2.20. The average molecular weight is 230 g/mol. The van der Waals surface area contributed by atoms with Crippen molar-refractivity contribution < 1.29 is 4.74 Å². The van der Waals surface area contributed by atoms with Crippen LogP contribution in [0.3, 0.4) is 0 Å². The maximum atomic E-state index is 5.49. The molecule has 2 aromatic rings. The fourth-order valence-corrected chi connectivity index (χ4v) is 1.39. The van der Waals surface area contributed by atoms with E-state index < -0.39 is 0 Å². The van der Waals surface area contributed by atoms with Crippen LogP contribution in [0.1, 0.15) is 6.92 Å². The number of anilines is 3. The SMILES string of the molecule is CCOc1ccc(Nc2ccnc(N)n2)cc1. The Kier molecular flexibility index (Phi) is 3.40. The number of ether oxygens (including phenoxy) is 1. The van der Waals surface area contributed by atoms with Crippen LogP contribution in [0.2, 0.25) is 0 Å². The summed E-state index contributed by atoms with van der Waals surface area (Å²) in [6.07, 6.45) is 1.61. The molecule has 1 heterocycles. The lowest BCUT2D eigenvalue weighted by atomic mass is 10.3. The lowest BCUT2D eigenvalue weighted by molar-refractivity contribution is 0.340. The van der Waals surface area contributed by atoms with Crippen LogP contribution in [-0.4, -0.2) is 16.6 Å². The van der Waals surface area contributed by atoms with Crippen LogP contribution in [0.5, 0.6) is 5.75 Å². The van der Waals surface area contributed by atoms with Gasteiger partial charge in [-0.1, -0.05) is 0 Å². The summed E-state index contributed by atoms with van der Waals surface area (Å²) in [6, 6.07) is 9.40. The summed E-state index contributed by atoms with van der Waals surface area (Å²) in [5.74, 6) is 1.77. The topological polar surface area (TPSA) is 73.1 Å². The first-order valence-corrected chi connectivity index (χ1v) is 5.36. The van der Waals surface area contributed by atoms with E-state index in [-0.39, 0.29) is 5.95 Å². The minimum atomic E-state index is 0.251. The minimum absolute atomic E-state index is 0.251. The number of aromatic nitrogens is 2. The van der Waals surface area contributed by atoms with Crippen molar-refractivity contribution >= 4 is 17.5 Å². The molecule has 0 radical (unpaired) electrons. The number of nitrogens with one attached hydrogen (secondary N) is 1. The van der Waals surface area contributed by atoms with E-state index in [0.29, 0.717) is 12.4 Å². The Bertz CT molecular complexity index is 484. The van der Waals surface area contributed by atoms with E-state index >= 15 is 0 Å². The summed E-state index contributed by atoms with van der Waals surface area (Å²) in [5, 5.41) is 3.13. The van der Waals surface area contributed by atoms with Crippen LogP contribution in [0.25, 0.3) is 0 Å². The standard InChI is InChI=1S/C12H14N4O/c1-2-17-10-5-3-9(4-6-10)15-11-7-8-14-12(13)16-11/h3-8H,2H2,1H3,(H3,13,14,15,16). The smallest absolute Gasteiger partial charge is 0.221 e. The van der Waals surface area contributed by atoms with Crippen LogP contribution < -0.4 is 15.8 Å². The summed E-state index contributed by atoms with van der Waals surface area (Å²) in [5.41, 5.74) is 6.42. The lowest BCUT2D eigenvalue weighted by Gasteiger charge is -2.07. The Balaban J connectivity index is 2.08. The number of hydrogen-bond donors (Lipinski definition) is 2. The zero-order valence-electron chi connectivity index (χ0n) is 9.55. The third kappa shape index (κ3) is 3.07. The summed E-state index contributed by atoms with van der Waals surface area (Å²) in [4.78, 5) is 7.88. The highest BCUT2D eigenvalue weighted by Crippen LogP contribution is 2.18. The Morgan fingerprint density at radius 1 is 1.24 bits per heavy atom. The molecule has 1 aromatic carbocycles. The van der Waals surface area contributed by atoms with Crippen molar-refractivity contribution in [1.82, 2.24) is 9.97 Å². The first-order chi connectivity index (χ1) is 8.28. The molecule has 17 heavy (non-hydrogen) atoms. The van der Waals surface area contributed by atoms with Crippen LogP contribution in [-0.2, 0) is 0 Å². The highest BCUT2D eigenvalue weighted by molar-refractivity contribution is 5.57. The van der Waals surface area contributed by atoms with Gasteiger partial charge < -0.3 is 15.8 Å². The second-order valence-corrected chi connectivity index (χ2v) is 3.38. The van der Waals surface area contributed by atoms with Gasteiger partial charge in [0.15, 0.2) is 0 Å². The van der Waals surface area contributed by atoms with Crippen molar-refractivity contribution in [3.8, 4) is 5.75 Å². The monoisotopic (exact) mass is 230 g/mol. The van der Waals surface area contributed by atoms with E-state index in [1.54, 1.807) is 12.3 Å². The van der Waals surface area contributed by atoms with Gasteiger partial charge in [-0.25, -0.2) is 4.98 Å². The van der Waals surface area contributed by atoms with Gasteiger partial charge in [0.2, 0.25) is 5.95 Å². The molecule has 0 spiro atoms. The molecule has 0 atom stereocenters. The van der Waals surface area contributed by atoms with E-state index in [4.69, 9.17) is 10.5 Å². The Morgan fingerprint density at radius 2 is 2.00 bits per heavy atom. The van der Waals surface area contributed by atoms with Gasteiger partial charge >= 0.3 is 0 Å². The molecule has 5 heteroatoms. The zero-order valence-corrected chi connectivity index (χ0v) is 9.55. The number of benzene rings is 1. The second-order valence-electron chi connectivity index (χ2n) is 3.38. The van der Waals surface area contributed by atoms with Crippen molar-refractivity contribution in [2.75, 3.05) is 17.7 Å². The predicted molar refractivity (Wildman–Crippen MR) is 67.3 cm³/mol. The molecule has 3 N–H and O–H groups in total. The van der Waals surface area contributed by atoms with Crippen molar-refractivity contribution in [3.63, 3.8) is 0 Å². The number of nitrogen functional groups attached to an aromatic ring is 1. The van der Waals surface area contributed by atoms with Gasteiger partial charge in [-0.2, -0.15) is 4.98 Å². The van der Waals surface area contributed by atoms with Gasteiger partial charge in [0.25, 0.3) is 0 Å². The molecule has 0 saturated carbocycles. The molecule has 2 rings (SSSR count). The van der Waals surface area contributed by atoms with Crippen LogP contribution in [0, 0.1) is 0 Å². The van der Waals surface area contributed by atoms with Crippen molar-refractivity contribution in [2.45, 2.75) is 6.92 Å². The van der Waals surface area contributed by atoms with Crippen LogP contribution in [0.4, 0.5) is 17.5 Å². The van der Waals surface area contributed by atoms with Gasteiger partial charge in [0, 0.05) is 11.9 Å². The molecular formula is C12H14N4O. The van der Waals surface area contributed by atoms with Crippen LogP contribution >= 0.6 is 0 Å². The molecular weight excluding hydrogens is 216 g/mol. The van der Waals surface area contributed by atoms with Crippen molar-refractivity contribution in [1.29, 1.82) is 0 Å². The molecule has 0 unspecified atom stereocenters. The van der Waals surface area contributed by atoms with E-state index in [0.717, 1.165) is 11.4 Å². The molecule has 5 nitrogen and oxygen atoms in total. The summed E-state index contributed by atoms with van der Waals surface area (Å²) in [6.45, 7) is 2.62. The Hall–Kier alpha value is -2.30. The van der Waals surface area contributed by atoms with Gasteiger partial charge in [-0.05, 0) is 37.3 Å². The molecule has 0 fully saturated rings. The third-order valence-corrected chi connectivity index (χ3v) is 2.11. The molecule has 0 bridgehead atoms. The molecule has 88 valence electrons. The number of nitrogens with two attached hydrogens (primary N) is 1. The summed E-state index contributed by atoms with van der Waals surface area (Å²) >= 11 is 0. The number of rotatable bonds is 4. The highest BCUT2D eigenvalue weighted by atomic mass is 16.5. The second kappa shape index (κ2) is 5.16.